The first kappa shape index (κ1) is 9.34. The van der Waals surface area contributed by atoms with Gasteiger partial charge in [-0.1, -0.05) is 25.1 Å². The van der Waals surface area contributed by atoms with Crippen LogP contribution in [0.15, 0.2) is 24.3 Å². The number of aromatic nitrogens is 2. The summed E-state index contributed by atoms with van der Waals surface area (Å²) in [7, 11) is 0. The van der Waals surface area contributed by atoms with Gasteiger partial charge in [0.2, 0.25) is 0 Å². The molecule has 1 heterocycles. The second-order valence-electron chi connectivity index (χ2n) is 3.19. The van der Waals surface area contributed by atoms with Gasteiger partial charge in [-0.2, -0.15) is 4.37 Å². The van der Waals surface area contributed by atoms with Gasteiger partial charge < -0.3 is 0 Å². The van der Waals surface area contributed by atoms with E-state index >= 15 is 0 Å². The minimum Gasteiger partial charge on any atom is -0.220 e. The zero-order chi connectivity index (χ0) is 9.97. The van der Waals surface area contributed by atoms with Crippen molar-refractivity contribution in [3.63, 3.8) is 0 Å². The van der Waals surface area contributed by atoms with Gasteiger partial charge in [-0.05, 0) is 36.5 Å². The summed E-state index contributed by atoms with van der Waals surface area (Å²) in [6.07, 6.45) is 1.05. The molecule has 0 saturated carbocycles. The molecule has 0 radical (unpaired) electrons. The summed E-state index contributed by atoms with van der Waals surface area (Å²) in [5.74, 6) is 0.850. The third kappa shape index (κ3) is 1.82. The van der Waals surface area contributed by atoms with E-state index in [4.69, 9.17) is 0 Å². The summed E-state index contributed by atoms with van der Waals surface area (Å²) in [6.45, 7) is 4.13. The van der Waals surface area contributed by atoms with Crippen LogP contribution in [0.3, 0.4) is 0 Å². The predicted molar refractivity (Wildman–Crippen MR) is 59.5 cm³/mol. The Morgan fingerprint density at radius 1 is 1.36 bits per heavy atom. The van der Waals surface area contributed by atoms with Gasteiger partial charge in [-0.25, -0.2) is 4.98 Å². The molecule has 0 fully saturated rings. The monoisotopic (exact) mass is 204 g/mol. The first-order chi connectivity index (χ1) is 6.79. The van der Waals surface area contributed by atoms with Gasteiger partial charge in [0.25, 0.3) is 0 Å². The fraction of sp³-hybridized carbons (Fsp3) is 0.273. The third-order valence-electron chi connectivity index (χ3n) is 2.12. The number of hydrogen-bond acceptors (Lipinski definition) is 3. The van der Waals surface area contributed by atoms with Gasteiger partial charge in [0.1, 0.15) is 5.01 Å². The van der Waals surface area contributed by atoms with Crippen molar-refractivity contribution in [2.45, 2.75) is 20.3 Å². The van der Waals surface area contributed by atoms with E-state index in [0.29, 0.717) is 0 Å². The number of nitrogens with zero attached hydrogens (tertiary/aromatic N) is 2. The minimum absolute atomic E-state index is 0.850. The van der Waals surface area contributed by atoms with E-state index < -0.39 is 0 Å². The van der Waals surface area contributed by atoms with Gasteiger partial charge in [0.05, 0.1) is 0 Å². The smallest absolute Gasteiger partial charge is 0.173 e. The lowest BCUT2D eigenvalue weighted by atomic mass is 10.1. The number of aryl methyl sites for hydroxylation is 2. The molecule has 2 rings (SSSR count). The first-order valence-corrected chi connectivity index (χ1v) is 5.46. The normalized spacial score (nSPS) is 10.4. The SMILES string of the molecule is CCc1cccc(-c2nsc(C)n2)c1. The van der Waals surface area contributed by atoms with E-state index in [-0.39, 0.29) is 0 Å². The molecule has 0 saturated heterocycles. The second kappa shape index (κ2) is 3.88. The molecule has 1 aromatic heterocycles. The van der Waals surface area contributed by atoms with Crippen LogP contribution in [-0.2, 0) is 6.42 Å². The second-order valence-corrected chi connectivity index (χ2v) is 4.15. The number of hydrogen-bond donors (Lipinski definition) is 0. The zero-order valence-corrected chi connectivity index (χ0v) is 9.14. The Balaban J connectivity index is 2.41. The summed E-state index contributed by atoms with van der Waals surface area (Å²) in [6, 6.07) is 8.40. The van der Waals surface area contributed by atoms with Crippen molar-refractivity contribution in [2.24, 2.45) is 0 Å². The van der Waals surface area contributed by atoms with Crippen molar-refractivity contribution < 1.29 is 0 Å². The predicted octanol–water partition coefficient (Wildman–Crippen LogP) is 3.08. The molecule has 14 heavy (non-hydrogen) atoms. The Labute approximate surface area is 87.8 Å². The average Bonchev–Trinajstić information content (AvgIpc) is 2.65. The maximum Gasteiger partial charge on any atom is 0.173 e. The molecular formula is C11H12N2S. The van der Waals surface area contributed by atoms with Gasteiger partial charge in [0, 0.05) is 5.56 Å². The summed E-state index contributed by atoms with van der Waals surface area (Å²) >= 11 is 1.45. The van der Waals surface area contributed by atoms with Crippen LogP contribution in [0.4, 0.5) is 0 Å². The molecular weight excluding hydrogens is 192 g/mol. The van der Waals surface area contributed by atoms with Crippen LogP contribution in [0.2, 0.25) is 0 Å². The van der Waals surface area contributed by atoms with E-state index in [1.807, 2.05) is 6.92 Å². The van der Waals surface area contributed by atoms with E-state index in [1.54, 1.807) is 0 Å². The Kier molecular flexibility index (Phi) is 2.59. The maximum atomic E-state index is 4.36. The molecule has 0 spiro atoms. The summed E-state index contributed by atoms with van der Waals surface area (Å²) in [5.41, 5.74) is 2.45. The Bertz CT molecular complexity index is 434. The summed E-state index contributed by atoms with van der Waals surface area (Å²) in [5, 5.41) is 1.02. The van der Waals surface area contributed by atoms with Gasteiger partial charge in [-0.15, -0.1) is 0 Å². The number of benzene rings is 1. The summed E-state index contributed by atoms with van der Waals surface area (Å²) in [4.78, 5) is 4.36. The minimum atomic E-state index is 0.850. The molecule has 3 heteroatoms. The Morgan fingerprint density at radius 3 is 2.86 bits per heavy atom. The van der Waals surface area contributed by atoms with E-state index in [0.717, 1.165) is 22.8 Å². The van der Waals surface area contributed by atoms with Crippen LogP contribution in [-0.4, -0.2) is 9.36 Å². The van der Waals surface area contributed by atoms with Crippen LogP contribution in [0.1, 0.15) is 17.5 Å². The standard InChI is InChI=1S/C11H12N2S/c1-3-9-5-4-6-10(7-9)11-12-8(2)14-13-11/h4-7H,3H2,1-2H3. The molecule has 0 amide bonds. The van der Waals surface area contributed by atoms with Crippen molar-refractivity contribution in [1.82, 2.24) is 9.36 Å². The van der Waals surface area contributed by atoms with Crippen LogP contribution in [0, 0.1) is 6.92 Å². The van der Waals surface area contributed by atoms with Crippen molar-refractivity contribution in [2.75, 3.05) is 0 Å². The van der Waals surface area contributed by atoms with Gasteiger partial charge in [0.15, 0.2) is 5.82 Å². The summed E-state index contributed by atoms with van der Waals surface area (Å²) < 4.78 is 4.29. The van der Waals surface area contributed by atoms with Gasteiger partial charge >= 0.3 is 0 Å². The van der Waals surface area contributed by atoms with Crippen molar-refractivity contribution >= 4 is 11.5 Å². The molecule has 0 aliphatic heterocycles. The highest BCUT2D eigenvalue weighted by atomic mass is 32.1. The highest BCUT2D eigenvalue weighted by Crippen LogP contribution is 2.19. The van der Waals surface area contributed by atoms with Crippen LogP contribution in [0.5, 0.6) is 0 Å². The molecule has 2 aromatic rings. The average molecular weight is 204 g/mol. The molecule has 0 aliphatic rings. The highest BCUT2D eigenvalue weighted by Gasteiger charge is 2.03. The lowest BCUT2D eigenvalue weighted by Gasteiger charge is -1.98. The zero-order valence-electron chi connectivity index (χ0n) is 8.32. The number of rotatable bonds is 2. The maximum absolute atomic E-state index is 4.36. The van der Waals surface area contributed by atoms with Crippen LogP contribution < -0.4 is 0 Å². The molecule has 2 nitrogen and oxygen atoms in total. The Morgan fingerprint density at radius 2 is 2.21 bits per heavy atom. The largest absolute Gasteiger partial charge is 0.220 e. The quantitative estimate of drug-likeness (QED) is 0.751. The lowest BCUT2D eigenvalue weighted by molar-refractivity contribution is 1.14. The van der Waals surface area contributed by atoms with Crippen molar-refractivity contribution in [3.8, 4) is 11.4 Å². The fourth-order valence-corrected chi connectivity index (χ4v) is 1.84. The third-order valence-corrected chi connectivity index (χ3v) is 2.74. The van der Waals surface area contributed by atoms with Crippen LogP contribution >= 0.6 is 11.5 Å². The molecule has 1 aromatic carbocycles. The van der Waals surface area contributed by atoms with E-state index in [9.17, 15) is 0 Å². The van der Waals surface area contributed by atoms with E-state index in [1.165, 1.54) is 17.1 Å². The molecule has 0 bridgehead atoms. The van der Waals surface area contributed by atoms with E-state index in [2.05, 4.69) is 40.5 Å². The van der Waals surface area contributed by atoms with Crippen LogP contribution in [0.25, 0.3) is 11.4 Å². The van der Waals surface area contributed by atoms with Crippen molar-refractivity contribution in [3.05, 3.63) is 34.8 Å². The Hall–Kier alpha value is -1.22. The molecule has 72 valence electrons. The topological polar surface area (TPSA) is 25.8 Å². The molecule has 0 unspecified atom stereocenters. The first-order valence-electron chi connectivity index (χ1n) is 4.69. The highest BCUT2D eigenvalue weighted by molar-refractivity contribution is 7.05. The fourth-order valence-electron chi connectivity index (χ4n) is 1.35. The van der Waals surface area contributed by atoms with Crippen molar-refractivity contribution in [1.29, 1.82) is 0 Å². The van der Waals surface area contributed by atoms with Gasteiger partial charge in [-0.3, -0.25) is 0 Å². The molecule has 0 N–H and O–H groups in total. The molecule has 0 atom stereocenters. The lowest BCUT2D eigenvalue weighted by Crippen LogP contribution is -1.84. The molecule has 0 aliphatic carbocycles.